The molecule has 0 unspecified atom stereocenters. The van der Waals surface area contributed by atoms with Crippen molar-refractivity contribution < 1.29 is 113 Å². The second kappa shape index (κ2) is 31.3. The van der Waals surface area contributed by atoms with Crippen molar-refractivity contribution in [3.63, 3.8) is 0 Å². The fraction of sp³-hybridized carbons (Fsp3) is 0. The number of hydrogen-bond donors (Lipinski definition) is 2. The Kier molecular flexibility index (Phi) is 146. The Labute approximate surface area is 129 Å². The van der Waals surface area contributed by atoms with Crippen LogP contribution in [0.1, 0.15) is 4.28 Å². The Hall–Kier alpha value is 2.49. The quantitative estimate of drug-likeness (QED) is 0.373. The van der Waals surface area contributed by atoms with Gasteiger partial charge >= 0.3 is 94.8 Å². The largest absolute Gasteiger partial charge is 1.00 e. The molecular formula is CH7ClFNa3O3. The summed E-state index contributed by atoms with van der Waals surface area (Å²) in [5, 5.41) is 13.9. The van der Waals surface area contributed by atoms with Crippen LogP contribution in [0.15, 0.2) is 0 Å². The minimum Gasteiger partial charge on any atom is -1.00 e. The molecule has 9 heavy (non-hydrogen) atoms. The van der Waals surface area contributed by atoms with Gasteiger partial charge in [0.15, 0.2) is 0 Å². The Morgan fingerprint density at radius 2 is 1.11 bits per heavy atom. The fourth-order valence-corrected chi connectivity index (χ4v) is 0. The molecule has 0 fully saturated rings. The molecule has 0 bridgehead atoms. The van der Waals surface area contributed by atoms with Gasteiger partial charge in [0.1, 0.15) is 0 Å². The monoisotopic (exact) mass is 190 g/mol. The van der Waals surface area contributed by atoms with Crippen LogP contribution in [-0.4, -0.2) is 16.4 Å². The third-order valence-electron chi connectivity index (χ3n) is 0. The van der Waals surface area contributed by atoms with Gasteiger partial charge in [-0.05, 0) is 0 Å². The number of carboxylic acid groups (broad SMARTS) is 2. The van der Waals surface area contributed by atoms with Gasteiger partial charge in [-0.15, -0.1) is 12.4 Å². The zero-order valence-electron chi connectivity index (χ0n) is 8.62. The maximum Gasteiger partial charge on any atom is 1.00 e. The molecule has 0 saturated carbocycles. The third-order valence-corrected chi connectivity index (χ3v) is 0. The zero-order chi connectivity index (χ0) is 3.58. The molecule has 0 spiro atoms. The molecule has 0 aliphatic rings. The van der Waals surface area contributed by atoms with Crippen LogP contribution in [-0.2, 0) is 0 Å². The standard InChI is InChI=1S/CH2O3.ClH.FH.3Na.3H/c2-1(3)4;;;;;;;;/h(H2,2,3,4);2*1H;;;;;;/q;;;3*+1;3*-1. The average Bonchev–Trinajstić information content (AvgIpc) is 0.811. The maximum atomic E-state index is 8.56. The van der Waals surface area contributed by atoms with E-state index in [4.69, 9.17) is 15.0 Å². The van der Waals surface area contributed by atoms with E-state index >= 15 is 0 Å². The van der Waals surface area contributed by atoms with Gasteiger partial charge in [0.25, 0.3) is 0 Å². The van der Waals surface area contributed by atoms with E-state index in [2.05, 4.69) is 0 Å². The van der Waals surface area contributed by atoms with Gasteiger partial charge in [-0.1, -0.05) is 0 Å². The molecule has 0 saturated heterocycles. The van der Waals surface area contributed by atoms with Gasteiger partial charge in [0.2, 0.25) is 0 Å². The van der Waals surface area contributed by atoms with E-state index in [0.29, 0.717) is 0 Å². The molecule has 46 valence electrons. The van der Waals surface area contributed by atoms with E-state index in [-0.39, 0.29) is 110 Å². The van der Waals surface area contributed by atoms with Gasteiger partial charge in [0.05, 0.1) is 0 Å². The first kappa shape index (κ1) is 41.9. The predicted molar refractivity (Wildman–Crippen MR) is 23.7 cm³/mol. The van der Waals surface area contributed by atoms with E-state index in [1.807, 2.05) is 0 Å². The maximum absolute atomic E-state index is 8.56. The van der Waals surface area contributed by atoms with Crippen LogP contribution in [0.3, 0.4) is 0 Å². The fourth-order valence-electron chi connectivity index (χ4n) is 0. The first-order valence-corrected chi connectivity index (χ1v) is 0.651. The van der Waals surface area contributed by atoms with Crippen LogP contribution in [0.2, 0.25) is 0 Å². The van der Waals surface area contributed by atoms with Crippen LogP contribution < -0.4 is 88.7 Å². The summed E-state index contributed by atoms with van der Waals surface area (Å²) in [7, 11) is 0. The van der Waals surface area contributed by atoms with Crippen molar-refractivity contribution >= 4 is 18.6 Å². The van der Waals surface area contributed by atoms with Gasteiger partial charge in [-0.25, -0.2) is 4.79 Å². The van der Waals surface area contributed by atoms with E-state index in [1.165, 1.54) is 0 Å². The third kappa shape index (κ3) is 122. The summed E-state index contributed by atoms with van der Waals surface area (Å²) < 4.78 is 0. The van der Waals surface area contributed by atoms with Crippen molar-refractivity contribution in [3.8, 4) is 0 Å². The normalized spacial score (nSPS) is 2.67. The van der Waals surface area contributed by atoms with Crippen molar-refractivity contribution in [2.45, 2.75) is 0 Å². The smallest absolute Gasteiger partial charge is 1.00 e. The molecule has 0 atom stereocenters. The van der Waals surface area contributed by atoms with Crippen LogP contribution in [0.25, 0.3) is 0 Å². The van der Waals surface area contributed by atoms with E-state index < -0.39 is 6.16 Å². The molecule has 0 aliphatic carbocycles. The molecule has 0 aromatic carbocycles. The van der Waals surface area contributed by atoms with E-state index in [0.717, 1.165) is 0 Å². The summed E-state index contributed by atoms with van der Waals surface area (Å²) in [5.41, 5.74) is 0. The van der Waals surface area contributed by atoms with E-state index in [9.17, 15) is 0 Å². The molecule has 0 aliphatic heterocycles. The van der Waals surface area contributed by atoms with Gasteiger partial charge in [-0.3, -0.25) is 4.70 Å². The molecule has 2 N–H and O–H groups in total. The molecule has 0 rings (SSSR count). The SMILES string of the molecule is Cl.F.O=C(O)O.[H-].[H-].[H-].[Na+].[Na+].[Na+]. The number of halogens is 2. The Morgan fingerprint density at radius 1 is 1.11 bits per heavy atom. The molecule has 3 nitrogen and oxygen atoms in total. The summed E-state index contributed by atoms with van der Waals surface area (Å²) in [6, 6.07) is 0. The number of hydrogen-bond acceptors (Lipinski definition) is 1. The Morgan fingerprint density at radius 3 is 1.11 bits per heavy atom. The second-order valence-electron chi connectivity index (χ2n) is 0.283. The number of carbonyl (C=O) groups is 1. The molecular weight excluding hydrogens is 183 g/mol. The molecule has 0 aromatic heterocycles. The van der Waals surface area contributed by atoms with Crippen LogP contribution in [0, 0.1) is 0 Å². The average molecular weight is 190 g/mol. The molecule has 0 radical (unpaired) electrons. The molecule has 8 heteroatoms. The summed E-state index contributed by atoms with van der Waals surface area (Å²) in [6.07, 6.45) is -1.83. The minimum atomic E-state index is -1.83. The zero-order valence-corrected chi connectivity index (χ0v) is 12.4. The first-order chi connectivity index (χ1) is 1.73. The van der Waals surface area contributed by atoms with Gasteiger partial charge in [0, 0.05) is 0 Å². The minimum absolute atomic E-state index is 0. The molecule has 0 heterocycles. The van der Waals surface area contributed by atoms with Crippen molar-refractivity contribution in [1.82, 2.24) is 0 Å². The van der Waals surface area contributed by atoms with E-state index in [1.54, 1.807) is 0 Å². The Bertz CT molecular complexity index is 51.8. The Balaban J connectivity index is -0.00000000161. The van der Waals surface area contributed by atoms with Crippen LogP contribution in [0.5, 0.6) is 0 Å². The van der Waals surface area contributed by atoms with Crippen molar-refractivity contribution in [2.24, 2.45) is 0 Å². The first-order valence-electron chi connectivity index (χ1n) is 0.651. The van der Waals surface area contributed by atoms with Gasteiger partial charge < -0.3 is 14.5 Å². The molecule has 0 amide bonds. The van der Waals surface area contributed by atoms with Crippen LogP contribution in [0.4, 0.5) is 9.50 Å². The molecule has 0 aromatic rings. The predicted octanol–water partition coefficient (Wildman–Crippen LogP) is -7.85. The van der Waals surface area contributed by atoms with Crippen molar-refractivity contribution in [3.05, 3.63) is 0 Å². The summed E-state index contributed by atoms with van der Waals surface area (Å²) >= 11 is 0. The van der Waals surface area contributed by atoms with Crippen molar-refractivity contribution in [2.75, 3.05) is 0 Å². The second-order valence-corrected chi connectivity index (χ2v) is 0.283. The van der Waals surface area contributed by atoms with Gasteiger partial charge in [-0.2, -0.15) is 0 Å². The number of rotatable bonds is 0. The van der Waals surface area contributed by atoms with Crippen LogP contribution >= 0.6 is 12.4 Å². The topological polar surface area (TPSA) is 57.5 Å². The summed E-state index contributed by atoms with van der Waals surface area (Å²) in [4.78, 5) is 8.56. The summed E-state index contributed by atoms with van der Waals surface area (Å²) in [6.45, 7) is 0. The van der Waals surface area contributed by atoms with Crippen molar-refractivity contribution in [1.29, 1.82) is 0 Å². The summed E-state index contributed by atoms with van der Waals surface area (Å²) in [5.74, 6) is 0.